The van der Waals surface area contributed by atoms with E-state index in [1.54, 1.807) is 20.8 Å². The minimum atomic E-state index is -3.88. The Hall–Kier alpha value is -2.63. The summed E-state index contributed by atoms with van der Waals surface area (Å²) in [5, 5.41) is 4.97. The van der Waals surface area contributed by atoms with E-state index in [9.17, 15) is 27.6 Å². The molecule has 0 unspecified atom stereocenters. The van der Waals surface area contributed by atoms with Crippen LogP contribution in [-0.4, -0.2) is 72.2 Å². The number of nitrogens with one attached hydrogen (secondary N) is 3. The fraction of sp³-hybridized carbons (Fsp3) is 0.793. The van der Waals surface area contributed by atoms with Gasteiger partial charge in [0, 0.05) is 12.5 Å². The van der Waals surface area contributed by atoms with Crippen molar-refractivity contribution in [3.8, 4) is 0 Å². The van der Waals surface area contributed by atoms with E-state index in [0.29, 0.717) is 51.5 Å². The predicted molar refractivity (Wildman–Crippen MR) is 153 cm³/mol. The number of sulfonamides is 1. The molecule has 1 saturated heterocycles. The second-order valence-electron chi connectivity index (χ2n) is 13.0. The SMILES string of the molecule is CC(C)(C)OC(=O)N[C@H]1CCCCC/C=C\[C@@H]2C[C@@]2(C(=O)NS(=O)(=O)C2CCCCC2)NC(=O)[C@@H]2CCCN2C1=O. The number of hydrogen-bond acceptors (Lipinski definition) is 7. The van der Waals surface area contributed by atoms with Gasteiger partial charge < -0.3 is 20.3 Å². The van der Waals surface area contributed by atoms with Gasteiger partial charge in [0.15, 0.2) is 0 Å². The number of amides is 4. The summed E-state index contributed by atoms with van der Waals surface area (Å²) in [6.07, 6.45) is 11.7. The van der Waals surface area contributed by atoms with Gasteiger partial charge in [0.1, 0.15) is 23.2 Å². The van der Waals surface area contributed by atoms with Gasteiger partial charge in [-0.1, -0.05) is 44.3 Å². The van der Waals surface area contributed by atoms with E-state index < -0.39 is 56.4 Å². The van der Waals surface area contributed by atoms with Crippen molar-refractivity contribution in [3.05, 3.63) is 12.2 Å². The third-order valence-corrected chi connectivity index (χ3v) is 10.4. The van der Waals surface area contributed by atoms with E-state index in [-0.39, 0.29) is 11.8 Å². The first-order valence-electron chi connectivity index (χ1n) is 15.2. The lowest BCUT2D eigenvalue weighted by atomic mass is 10.0. The Morgan fingerprint density at radius 1 is 1.00 bits per heavy atom. The number of ether oxygens (including phenoxy) is 1. The van der Waals surface area contributed by atoms with Gasteiger partial charge in [0.2, 0.25) is 21.8 Å². The molecule has 41 heavy (non-hydrogen) atoms. The highest BCUT2D eigenvalue weighted by atomic mass is 32.2. The molecule has 11 nitrogen and oxygen atoms in total. The van der Waals surface area contributed by atoms with E-state index in [1.807, 2.05) is 12.2 Å². The van der Waals surface area contributed by atoms with Crippen molar-refractivity contribution >= 4 is 33.8 Å². The number of fused-ring (bicyclic) bond motifs is 2. The first-order valence-corrected chi connectivity index (χ1v) is 16.7. The second kappa shape index (κ2) is 12.7. The molecule has 0 aromatic rings. The summed E-state index contributed by atoms with van der Waals surface area (Å²) < 4.78 is 33.8. The van der Waals surface area contributed by atoms with Gasteiger partial charge in [-0.15, -0.1) is 0 Å². The topological polar surface area (TPSA) is 151 Å². The van der Waals surface area contributed by atoms with Crippen molar-refractivity contribution in [2.24, 2.45) is 5.92 Å². The molecule has 4 aliphatic rings. The van der Waals surface area contributed by atoms with Crippen LogP contribution in [-0.2, 0) is 29.1 Å². The zero-order valence-corrected chi connectivity index (χ0v) is 25.4. The van der Waals surface area contributed by atoms with E-state index >= 15 is 0 Å². The molecule has 0 aromatic carbocycles. The van der Waals surface area contributed by atoms with Crippen LogP contribution in [0.4, 0.5) is 4.79 Å². The first-order chi connectivity index (χ1) is 19.3. The molecule has 230 valence electrons. The number of nitrogens with zero attached hydrogens (tertiary/aromatic N) is 1. The molecule has 4 rings (SSSR count). The first kappa shape index (κ1) is 31.3. The number of allylic oxidation sites excluding steroid dienone is 1. The summed E-state index contributed by atoms with van der Waals surface area (Å²) in [7, 11) is -3.88. The Morgan fingerprint density at radius 2 is 1.68 bits per heavy atom. The Morgan fingerprint density at radius 3 is 2.39 bits per heavy atom. The van der Waals surface area contributed by atoms with Gasteiger partial charge in [-0.2, -0.15) is 0 Å². The van der Waals surface area contributed by atoms with Crippen molar-refractivity contribution in [1.29, 1.82) is 0 Å². The number of hydrogen-bond donors (Lipinski definition) is 3. The Kier molecular flexibility index (Phi) is 9.70. The fourth-order valence-corrected chi connectivity index (χ4v) is 7.78. The molecule has 4 atom stereocenters. The largest absolute Gasteiger partial charge is 0.444 e. The van der Waals surface area contributed by atoms with E-state index in [1.165, 1.54) is 4.90 Å². The second-order valence-corrected chi connectivity index (χ2v) is 14.9. The molecule has 2 aliphatic carbocycles. The molecule has 2 aliphatic heterocycles. The van der Waals surface area contributed by atoms with Crippen LogP contribution < -0.4 is 15.4 Å². The van der Waals surface area contributed by atoms with Gasteiger partial charge in [-0.3, -0.25) is 19.1 Å². The lowest BCUT2D eigenvalue weighted by Gasteiger charge is -2.31. The number of carbonyl (C=O) groups is 4. The molecule has 3 N–H and O–H groups in total. The van der Waals surface area contributed by atoms with Crippen LogP contribution >= 0.6 is 0 Å². The number of carbonyl (C=O) groups excluding carboxylic acids is 4. The predicted octanol–water partition coefficient (Wildman–Crippen LogP) is 3.04. The van der Waals surface area contributed by atoms with Gasteiger partial charge in [-0.25, -0.2) is 13.2 Å². The smallest absolute Gasteiger partial charge is 0.408 e. The molecule has 0 aromatic heterocycles. The van der Waals surface area contributed by atoms with Crippen molar-refractivity contribution in [2.45, 2.75) is 133 Å². The Labute approximate surface area is 243 Å². The van der Waals surface area contributed by atoms with E-state index in [4.69, 9.17) is 4.74 Å². The molecule has 0 radical (unpaired) electrons. The van der Waals surface area contributed by atoms with Crippen LogP contribution in [0.25, 0.3) is 0 Å². The quantitative estimate of drug-likeness (QED) is 0.423. The molecular weight excluding hydrogens is 548 g/mol. The van der Waals surface area contributed by atoms with Crippen molar-refractivity contribution in [1.82, 2.24) is 20.3 Å². The van der Waals surface area contributed by atoms with Gasteiger partial charge in [0.25, 0.3) is 5.91 Å². The lowest BCUT2D eigenvalue weighted by Crippen LogP contribution is -2.58. The van der Waals surface area contributed by atoms with Crippen LogP contribution in [0.1, 0.15) is 104 Å². The maximum absolute atomic E-state index is 13.7. The number of alkyl carbamates (subject to hydrolysis) is 1. The highest BCUT2D eigenvalue weighted by molar-refractivity contribution is 7.90. The monoisotopic (exact) mass is 594 g/mol. The molecule has 0 bridgehead atoms. The van der Waals surface area contributed by atoms with Crippen molar-refractivity contribution in [2.75, 3.05) is 6.54 Å². The standard InChI is InChI=1S/C29H46N4O7S/c1-28(2,3)40-27(37)30-22-16-11-6-4-5-8-13-20-19-29(20,31-24(34)23-17-12-18-33(23)25(22)35)26(36)32-41(38,39)21-14-9-7-10-15-21/h8,13,20-23H,4-7,9-12,14-19H2,1-3H3,(H,30,37)(H,31,34)(H,32,36)/b13-8-/t20-,22+,23+,29-/m1/s1. The van der Waals surface area contributed by atoms with Crippen molar-refractivity contribution < 1.29 is 32.3 Å². The van der Waals surface area contributed by atoms with Crippen LogP contribution in [0, 0.1) is 5.92 Å². The average molecular weight is 595 g/mol. The summed E-state index contributed by atoms with van der Waals surface area (Å²) in [4.78, 5) is 54.9. The van der Waals surface area contributed by atoms with Crippen LogP contribution in [0.2, 0.25) is 0 Å². The van der Waals surface area contributed by atoms with Gasteiger partial charge in [-0.05, 0) is 72.1 Å². The van der Waals surface area contributed by atoms with E-state index in [0.717, 1.165) is 38.5 Å². The van der Waals surface area contributed by atoms with Gasteiger partial charge in [0.05, 0.1) is 5.25 Å². The number of rotatable bonds is 4. The molecule has 0 spiro atoms. The fourth-order valence-electron chi connectivity index (χ4n) is 6.22. The molecule has 4 amide bonds. The summed E-state index contributed by atoms with van der Waals surface area (Å²) in [6.45, 7) is 5.59. The van der Waals surface area contributed by atoms with Crippen LogP contribution in [0.15, 0.2) is 12.2 Å². The summed E-state index contributed by atoms with van der Waals surface area (Å²) in [5.41, 5.74) is -2.10. The lowest BCUT2D eigenvalue weighted by molar-refractivity contribution is -0.141. The minimum absolute atomic E-state index is 0.296. The van der Waals surface area contributed by atoms with E-state index in [2.05, 4.69) is 15.4 Å². The maximum Gasteiger partial charge on any atom is 0.408 e. The Bertz CT molecular complexity index is 1140. The van der Waals surface area contributed by atoms with Crippen LogP contribution in [0.3, 0.4) is 0 Å². The summed E-state index contributed by atoms with van der Waals surface area (Å²) >= 11 is 0. The third kappa shape index (κ3) is 7.81. The van der Waals surface area contributed by atoms with Crippen molar-refractivity contribution in [3.63, 3.8) is 0 Å². The highest BCUT2D eigenvalue weighted by Gasteiger charge is 2.61. The third-order valence-electron chi connectivity index (χ3n) is 8.55. The molecular formula is C29H46N4O7S. The molecule has 2 saturated carbocycles. The summed E-state index contributed by atoms with van der Waals surface area (Å²) in [5.74, 6) is -1.88. The molecule has 2 heterocycles. The Balaban J connectivity index is 1.53. The highest BCUT2D eigenvalue weighted by Crippen LogP contribution is 2.46. The maximum atomic E-state index is 13.7. The average Bonchev–Trinajstić information content (AvgIpc) is 3.36. The van der Waals surface area contributed by atoms with Crippen LogP contribution in [0.5, 0.6) is 0 Å². The molecule has 12 heteroatoms. The zero-order chi connectivity index (χ0) is 29.8. The normalized spacial score (nSPS) is 31.0. The zero-order valence-electron chi connectivity index (χ0n) is 24.6. The molecule has 3 fully saturated rings. The van der Waals surface area contributed by atoms with Gasteiger partial charge >= 0.3 is 6.09 Å². The minimum Gasteiger partial charge on any atom is -0.444 e. The summed E-state index contributed by atoms with van der Waals surface area (Å²) in [6, 6.07) is -1.66.